The van der Waals surface area contributed by atoms with Crippen LogP contribution in [-0.4, -0.2) is 12.1 Å². The summed E-state index contributed by atoms with van der Waals surface area (Å²) in [5.74, 6) is 2.78. The minimum atomic E-state index is 0.719. The van der Waals surface area contributed by atoms with Gasteiger partial charge in [-0.3, -0.25) is 4.99 Å². The molecule has 2 aliphatic heterocycles. The Morgan fingerprint density at radius 3 is 3.11 bits per heavy atom. The average molecular weight is 265 g/mol. The van der Waals surface area contributed by atoms with E-state index in [9.17, 15) is 0 Å². The molecule has 0 unspecified atom stereocenters. The molecule has 19 heavy (non-hydrogen) atoms. The number of benzene rings is 1. The van der Waals surface area contributed by atoms with Crippen molar-refractivity contribution in [2.45, 2.75) is 6.42 Å². The molecule has 0 N–H and O–H groups in total. The number of hydrogen-bond donors (Lipinski definition) is 0. The van der Waals surface area contributed by atoms with Gasteiger partial charge in [0.2, 0.25) is 0 Å². The number of thioether (sulfide) groups is 1. The van der Waals surface area contributed by atoms with E-state index in [4.69, 9.17) is 0 Å². The highest BCUT2D eigenvalue weighted by molar-refractivity contribution is 8.06. The summed E-state index contributed by atoms with van der Waals surface area (Å²) in [6.07, 6.45) is 6.29. The van der Waals surface area contributed by atoms with Gasteiger partial charge in [0.15, 0.2) is 0 Å². The Kier molecular flexibility index (Phi) is 3.27. The van der Waals surface area contributed by atoms with Crippen LogP contribution in [0.2, 0.25) is 0 Å². The lowest BCUT2D eigenvalue weighted by atomic mass is 10.1. The lowest BCUT2D eigenvalue weighted by Gasteiger charge is -2.02. The number of allylic oxidation sites excluding steroid dienone is 1. The van der Waals surface area contributed by atoms with Crippen molar-refractivity contribution in [2.75, 3.05) is 0 Å². The normalized spacial score (nSPS) is 20.9. The highest BCUT2D eigenvalue weighted by atomic mass is 32.2. The van der Waals surface area contributed by atoms with Crippen molar-refractivity contribution in [3.8, 4) is 0 Å². The van der Waals surface area contributed by atoms with Crippen molar-refractivity contribution in [2.24, 2.45) is 15.0 Å². The summed E-state index contributed by atoms with van der Waals surface area (Å²) in [5, 5.41) is 3.62. The van der Waals surface area contributed by atoms with E-state index in [1.807, 2.05) is 24.4 Å². The molecule has 4 heteroatoms. The van der Waals surface area contributed by atoms with Gasteiger partial charge < -0.3 is 0 Å². The van der Waals surface area contributed by atoms with Crippen LogP contribution >= 0.6 is 11.8 Å². The fourth-order valence-corrected chi connectivity index (χ4v) is 2.59. The molecule has 1 aromatic carbocycles. The quantitative estimate of drug-likeness (QED) is 0.708. The molecule has 0 aromatic heterocycles. The van der Waals surface area contributed by atoms with Crippen molar-refractivity contribution >= 4 is 29.9 Å². The summed E-state index contributed by atoms with van der Waals surface area (Å²) in [7, 11) is 0. The van der Waals surface area contributed by atoms with Gasteiger partial charge in [-0.05, 0) is 29.5 Å². The van der Waals surface area contributed by atoms with Crippen LogP contribution < -0.4 is 10.6 Å². The number of nitrogens with zero attached hydrogens (tertiary/aromatic N) is 3. The van der Waals surface area contributed by atoms with E-state index >= 15 is 0 Å². The fourth-order valence-electron chi connectivity index (χ4n) is 1.85. The zero-order chi connectivity index (χ0) is 13.1. The molecule has 0 bridgehead atoms. The second-order valence-corrected chi connectivity index (χ2v) is 5.12. The Labute approximate surface area is 115 Å². The van der Waals surface area contributed by atoms with E-state index in [1.165, 1.54) is 11.8 Å². The van der Waals surface area contributed by atoms with Crippen molar-refractivity contribution < 1.29 is 0 Å². The van der Waals surface area contributed by atoms with E-state index in [1.54, 1.807) is 6.20 Å². The molecular weight excluding hydrogens is 254 g/mol. The maximum Gasteiger partial charge on any atom is 0.117 e. The lowest BCUT2D eigenvalue weighted by molar-refractivity contribution is 1.28. The van der Waals surface area contributed by atoms with Crippen molar-refractivity contribution in [3.05, 3.63) is 63.3 Å². The van der Waals surface area contributed by atoms with Gasteiger partial charge in [-0.25, -0.2) is 4.99 Å². The van der Waals surface area contributed by atoms with E-state index in [-0.39, 0.29) is 0 Å². The first-order valence-electron chi connectivity index (χ1n) is 5.88. The second kappa shape index (κ2) is 5.22. The first kappa shape index (κ1) is 11.9. The van der Waals surface area contributed by atoms with E-state index in [2.05, 4.69) is 39.6 Å². The Hall–Kier alpha value is -2.16. The van der Waals surface area contributed by atoms with Gasteiger partial charge in [0.05, 0.1) is 16.6 Å². The fraction of sp³-hybridized carbons (Fsp3) is 0.0667. The molecule has 0 saturated heterocycles. The van der Waals surface area contributed by atoms with Crippen LogP contribution in [0.1, 0.15) is 6.42 Å². The first-order chi connectivity index (χ1) is 9.33. The third-order valence-corrected chi connectivity index (χ3v) is 3.62. The molecule has 0 spiro atoms. The Morgan fingerprint density at radius 1 is 1.26 bits per heavy atom. The summed E-state index contributed by atoms with van der Waals surface area (Å²) in [6, 6.07) is 8.03. The van der Waals surface area contributed by atoms with E-state index in [0.29, 0.717) is 0 Å². The maximum absolute atomic E-state index is 4.54. The van der Waals surface area contributed by atoms with Gasteiger partial charge in [-0.1, -0.05) is 30.9 Å². The second-order valence-electron chi connectivity index (χ2n) is 4.05. The predicted molar refractivity (Wildman–Crippen MR) is 80.6 cm³/mol. The highest BCUT2D eigenvalue weighted by Crippen LogP contribution is 2.29. The molecular formula is C15H11N3S. The minimum Gasteiger partial charge on any atom is -0.254 e. The van der Waals surface area contributed by atoms with Crippen molar-refractivity contribution in [1.82, 2.24) is 0 Å². The summed E-state index contributed by atoms with van der Waals surface area (Å²) < 4.78 is 0. The Balaban J connectivity index is 2.18. The summed E-state index contributed by atoms with van der Waals surface area (Å²) >= 11 is 1.45. The van der Waals surface area contributed by atoms with Gasteiger partial charge in [0.1, 0.15) is 5.03 Å². The first-order valence-corrected chi connectivity index (χ1v) is 6.69. The number of para-hydroxylation sites is 1. The zero-order valence-electron chi connectivity index (χ0n) is 10.2. The predicted octanol–water partition coefficient (Wildman–Crippen LogP) is 2.17. The van der Waals surface area contributed by atoms with Crippen LogP contribution in [0.25, 0.3) is 6.08 Å². The van der Waals surface area contributed by atoms with Gasteiger partial charge in [0, 0.05) is 17.7 Å². The number of fused-ring (bicyclic) bond motifs is 1. The van der Waals surface area contributed by atoms with Crippen LogP contribution in [0.5, 0.6) is 0 Å². The number of rotatable bonds is 0. The molecule has 92 valence electrons. The molecule has 0 radical (unpaired) electrons. The molecule has 0 fully saturated rings. The van der Waals surface area contributed by atoms with E-state index < -0.39 is 0 Å². The van der Waals surface area contributed by atoms with Crippen molar-refractivity contribution in [1.29, 1.82) is 0 Å². The minimum absolute atomic E-state index is 0.719. The average Bonchev–Trinajstić information content (AvgIpc) is 2.59. The van der Waals surface area contributed by atoms with Crippen LogP contribution in [0, 0.1) is 0 Å². The molecule has 2 heterocycles. The van der Waals surface area contributed by atoms with E-state index in [0.717, 1.165) is 32.6 Å². The van der Waals surface area contributed by atoms with Gasteiger partial charge >= 0.3 is 0 Å². The molecule has 0 amide bonds. The molecule has 0 saturated carbocycles. The summed E-state index contributed by atoms with van der Waals surface area (Å²) in [4.78, 5) is 12.9. The lowest BCUT2D eigenvalue weighted by Crippen LogP contribution is -2.23. The number of aliphatic imine (C=N–C) groups is 2. The number of hydrogen-bond acceptors (Lipinski definition) is 4. The smallest absolute Gasteiger partial charge is 0.117 e. The Bertz CT molecular complexity index is 778. The zero-order valence-corrected chi connectivity index (χ0v) is 11.0. The van der Waals surface area contributed by atoms with Crippen LogP contribution in [0.4, 0.5) is 0 Å². The molecule has 2 aliphatic rings. The molecule has 1 aromatic rings. The maximum atomic E-state index is 4.54. The largest absolute Gasteiger partial charge is 0.254 e. The van der Waals surface area contributed by atoms with Crippen LogP contribution in [0.3, 0.4) is 0 Å². The van der Waals surface area contributed by atoms with Crippen LogP contribution in [-0.2, 0) is 0 Å². The monoisotopic (exact) mass is 265 g/mol. The SMILES string of the molecule is C=C1/N=c2/cccc/c2=C/CC2=C(N=C=CN=C2)S1. The highest BCUT2D eigenvalue weighted by Gasteiger charge is 2.08. The topological polar surface area (TPSA) is 37.1 Å². The Morgan fingerprint density at radius 2 is 2.16 bits per heavy atom. The molecule has 0 atom stereocenters. The van der Waals surface area contributed by atoms with Gasteiger partial charge in [0.25, 0.3) is 0 Å². The molecule has 3 rings (SSSR count). The standard InChI is InChI=1S/C15H11N3S/c1-11-18-14-5-3-2-4-12(14)6-7-13-10-16-8-9-17-15(13)19-11/h2-6,8,10H,1,7H2/b12-6-,18-14-. The third-order valence-electron chi connectivity index (χ3n) is 2.74. The molecule has 0 aliphatic carbocycles. The molecule has 3 nitrogen and oxygen atoms in total. The third kappa shape index (κ3) is 2.65. The van der Waals surface area contributed by atoms with Gasteiger partial charge in [-0.15, -0.1) is 0 Å². The summed E-state index contributed by atoms with van der Waals surface area (Å²) in [5.41, 5.74) is 1.05. The van der Waals surface area contributed by atoms with Gasteiger partial charge in [-0.2, -0.15) is 4.99 Å². The van der Waals surface area contributed by atoms with Crippen LogP contribution in [0.15, 0.2) is 67.7 Å². The summed E-state index contributed by atoms with van der Waals surface area (Å²) in [6.45, 7) is 3.98. The van der Waals surface area contributed by atoms with Crippen molar-refractivity contribution in [3.63, 3.8) is 0 Å².